The third kappa shape index (κ3) is 13.3. The van der Waals surface area contributed by atoms with Crippen LogP contribution < -0.4 is 0 Å². The second-order valence-electron chi connectivity index (χ2n) is 32.8. The first kappa shape index (κ1) is 76.5. The molecule has 0 bridgehead atoms. The van der Waals surface area contributed by atoms with Crippen LogP contribution in [0.4, 0.5) is 26.3 Å². The highest BCUT2D eigenvalue weighted by Crippen LogP contribution is 2.49. The lowest BCUT2D eigenvalue weighted by Crippen LogP contribution is -2.08. The fraction of sp³-hybridized carbons (Fsp3) is 0.0727. The largest absolute Gasteiger partial charge is 0.416 e. The molecule has 0 aliphatic rings. The second-order valence-corrected chi connectivity index (χ2v) is 32.8. The van der Waals surface area contributed by atoms with E-state index < -0.39 is 23.5 Å². The molecule has 0 saturated heterocycles. The second kappa shape index (κ2) is 29.8. The van der Waals surface area contributed by atoms with Crippen molar-refractivity contribution in [1.82, 2.24) is 48.2 Å². The van der Waals surface area contributed by atoms with Crippen molar-refractivity contribution in [2.75, 3.05) is 0 Å². The summed E-state index contributed by atoms with van der Waals surface area (Å²) in [6.07, 6.45) is -9.00. The zero-order valence-corrected chi connectivity index (χ0v) is 68.9. The lowest BCUT2D eigenvalue weighted by molar-refractivity contribution is -0.138. The number of hydrogen-bond donors (Lipinski definition) is 0. The molecule has 0 fully saturated rings. The summed E-state index contributed by atoms with van der Waals surface area (Å²) in [5.41, 5.74) is 20.3. The first-order valence-electron chi connectivity index (χ1n) is 41.8. The molecule has 22 aromatic rings. The van der Waals surface area contributed by atoms with Gasteiger partial charge in [0.15, 0.2) is 34.9 Å². The van der Waals surface area contributed by atoms with E-state index in [1.54, 1.807) is 12.1 Å². The number of nitrogens with zero attached hydrogens (tertiary/aromatic N) is 10. The van der Waals surface area contributed by atoms with Gasteiger partial charge in [-0.05, 0) is 216 Å². The molecule has 0 spiro atoms. The molecule has 16 heteroatoms. The summed E-state index contributed by atoms with van der Waals surface area (Å²) in [6.45, 7) is 10.3. The van der Waals surface area contributed by atoms with E-state index in [4.69, 9.17) is 29.9 Å². The average Bonchev–Trinajstić information content (AvgIpc) is 1.55. The highest BCUT2D eigenvalue weighted by molar-refractivity contribution is 6.15. The van der Waals surface area contributed by atoms with E-state index in [1.165, 1.54) is 24.3 Å². The highest BCUT2D eigenvalue weighted by atomic mass is 19.4. The Morgan fingerprint density at radius 3 is 0.817 bits per heavy atom. The first-order valence-corrected chi connectivity index (χ1v) is 41.8. The van der Waals surface area contributed by atoms with E-state index in [0.29, 0.717) is 103 Å². The summed E-state index contributed by atoms with van der Waals surface area (Å²) in [5, 5.41) is 7.72. The van der Waals surface area contributed by atoms with Crippen LogP contribution >= 0.6 is 0 Å². The zero-order valence-electron chi connectivity index (χ0n) is 68.9. The van der Waals surface area contributed by atoms with Crippen LogP contribution in [0.2, 0.25) is 0 Å². The van der Waals surface area contributed by atoms with Gasteiger partial charge in [0.25, 0.3) is 0 Å². The SMILES string of the molecule is Cc1ccc2c(c1)c1ccccc1n2-c1ccc(C(F)(F)F)cc1-c1cc(-c2nc(-c3ccccc3)nc(-c3ccccc3)n2)ccc1-n1c2ccccc2c2cc(Cc3cccc(-c4nc(-c5ccccc5)nc(-c5ccc(-n6c7ccc(C)cc7c7cc(C)ccc76)c(-c6cc(C(F)(F)F)ccc6-n6c7ccc(C)cc7c7cc(C)ccc76)c5)n4)c3)ccc21. The monoisotopic (exact) mass is 1650 g/mol. The van der Waals surface area contributed by atoms with Crippen LogP contribution in [0.15, 0.2) is 346 Å². The summed E-state index contributed by atoms with van der Waals surface area (Å²) in [7, 11) is 0. The molecule has 6 aromatic heterocycles. The van der Waals surface area contributed by atoms with Crippen LogP contribution in [0, 0.1) is 34.6 Å². The molecular formula is C110H74F6N10. The molecule has 0 atom stereocenters. The molecule has 16 aromatic carbocycles. The van der Waals surface area contributed by atoms with E-state index >= 15 is 26.3 Å². The molecule has 0 radical (unpaired) electrons. The van der Waals surface area contributed by atoms with Gasteiger partial charge in [0.05, 0.1) is 78.0 Å². The Labute approximate surface area is 720 Å². The molecule has 10 nitrogen and oxygen atoms in total. The fourth-order valence-electron chi connectivity index (χ4n) is 18.5. The molecule has 0 saturated carbocycles. The number of hydrogen-bond acceptors (Lipinski definition) is 6. The van der Waals surface area contributed by atoms with Crippen molar-refractivity contribution in [2.24, 2.45) is 0 Å². The molecule has 606 valence electrons. The van der Waals surface area contributed by atoms with Gasteiger partial charge in [-0.15, -0.1) is 0 Å². The molecule has 6 heterocycles. The van der Waals surface area contributed by atoms with Gasteiger partial charge in [-0.2, -0.15) is 26.3 Å². The number of benzene rings is 16. The van der Waals surface area contributed by atoms with Gasteiger partial charge >= 0.3 is 12.4 Å². The summed E-state index contributed by atoms with van der Waals surface area (Å²) in [4.78, 5) is 31.3. The quantitative estimate of drug-likeness (QED) is 0.101. The van der Waals surface area contributed by atoms with Gasteiger partial charge in [-0.25, -0.2) is 29.9 Å². The molecule has 0 N–H and O–H groups in total. The number of para-hydroxylation sites is 2. The zero-order chi connectivity index (χ0) is 85.5. The van der Waals surface area contributed by atoms with Crippen LogP contribution in [-0.4, -0.2) is 48.2 Å². The van der Waals surface area contributed by atoms with Crippen molar-refractivity contribution in [3.63, 3.8) is 0 Å². The number of alkyl halides is 6. The van der Waals surface area contributed by atoms with Gasteiger partial charge in [0.2, 0.25) is 0 Å². The molecular weight excluding hydrogens is 1580 g/mol. The predicted molar refractivity (Wildman–Crippen MR) is 497 cm³/mol. The van der Waals surface area contributed by atoms with Crippen molar-refractivity contribution in [3.8, 4) is 113 Å². The van der Waals surface area contributed by atoms with Crippen LogP contribution in [0.1, 0.15) is 50.1 Å². The normalized spacial score (nSPS) is 12.1. The van der Waals surface area contributed by atoms with E-state index in [-0.39, 0.29) is 0 Å². The molecule has 126 heavy (non-hydrogen) atoms. The minimum absolute atomic E-state index is 0.299. The summed E-state index contributed by atoms with van der Waals surface area (Å²) >= 11 is 0. The Morgan fingerprint density at radius 1 is 0.206 bits per heavy atom. The van der Waals surface area contributed by atoms with E-state index in [0.717, 1.165) is 143 Å². The smallest absolute Gasteiger partial charge is 0.309 e. The topological polar surface area (TPSA) is 97.1 Å². The maximum absolute atomic E-state index is 15.8. The Hall–Kier alpha value is -15.7. The summed E-state index contributed by atoms with van der Waals surface area (Å²) in [6, 6.07) is 111. The Balaban J connectivity index is 0.704. The van der Waals surface area contributed by atoms with Gasteiger partial charge in [-0.3, -0.25) is 0 Å². The maximum Gasteiger partial charge on any atom is 0.416 e. The van der Waals surface area contributed by atoms with Crippen LogP contribution in [0.25, 0.3) is 201 Å². The van der Waals surface area contributed by atoms with Gasteiger partial charge in [-0.1, -0.05) is 210 Å². The van der Waals surface area contributed by atoms with Crippen molar-refractivity contribution in [3.05, 3.63) is 396 Å². The third-order valence-corrected chi connectivity index (χ3v) is 24.4. The number of aryl methyl sites for hydroxylation is 5. The Bertz CT molecular complexity index is 8040. The average molecular weight is 1650 g/mol. The van der Waals surface area contributed by atoms with Gasteiger partial charge < -0.3 is 18.3 Å². The van der Waals surface area contributed by atoms with E-state index in [9.17, 15) is 0 Å². The first-order chi connectivity index (χ1) is 61.2. The van der Waals surface area contributed by atoms with Crippen LogP contribution in [-0.2, 0) is 18.8 Å². The number of aromatic nitrogens is 10. The lowest BCUT2D eigenvalue weighted by Gasteiger charge is -2.21. The highest BCUT2D eigenvalue weighted by Gasteiger charge is 2.35. The maximum atomic E-state index is 15.8. The number of halogens is 6. The van der Waals surface area contributed by atoms with E-state index in [1.807, 2.05) is 215 Å². The molecule has 22 rings (SSSR count). The van der Waals surface area contributed by atoms with Crippen LogP contribution in [0.5, 0.6) is 0 Å². The van der Waals surface area contributed by atoms with E-state index in [2.05, 4.69) is 147 Å². The number of rotatable bonds is 14. The molecule has 0 unspecified atom stereocenters. The summed E-state index contributed by atoms with van der Waals surface area (Å²) in [5.74, 6) is 2.25. The third-order valence-electron chi connectivity index (χ3n) is 24.4. The minimum Gasteiger partial charge on any atom is -0.309 e. The van der Waals surface area contributed by atoms with Gasteiger partial charge in [0.1, 0.15) is 0 Å². The lowest BCUT2D eigenvalue weighted by atomic mass is 9.96. The minimum atomic E-state index is -4.73. The van der Waals surface area contributed by atoms with Crippen molar-refractivity contribution in [1.29, 1.82) is 0 Å². The van der Waals surface area contributed by atoms with Crippen molar-refractivity contribution < 1.29 is 26.3 Å². The van der Waals surface area contributed by atoms with Crippen molar-refractivity contribution in [2.45, 2.75) is 53.4 Å². The molecule has 0 aliphatic carbocycles. The standard InChI is InChI=1S/C110H74F6N10/c1-64-32-42-93-81(52-64)79-28-15-17-30-91(79)123(93)101-50-40-77(109(111,112)113)62-89(101)87-60-75(107-119-103(71-21-9-6-10-22-71)117-104(120-107)72-23-11-7-12-24-72)38-48-99(87)124-92-31-18-16-29-80(92)86-59-70(37-47-98(86)124)57-69-20-19-27-74(58-69)106-118-105(73-25-13-8-14-26-73)121-108(122-106)76-39-49-100(125-94-43-33-65(2)53-82(94)83-54-66(3)34-44-95(83)125)88(61-76)90-63-78(110(114,115)116)41-51-102(90)126-96-45-35-67(4)55-84(96)85-56-68(5)36-46-97(85)126/h6-56,58-63H,57H2,1-5H3. The molecule has 0 amide bonds. The number of fused-ring (bicyclic) bond motifs is 12. The Kier molecular flexibility index (Phi) is 18.1. The van der Waals surface area contributed by atoms with Gasteiger partial charge in [0, 0.05) is 98.7 Å². The van der Waals surface area contributed by atoms with Crippen molar-refractivity contribution >= 4 is 87.2 Å². The molecule has 0 aliphatic heterocycles. The Morgan fingerprint density at radius 2 is 0.468 bits per heavy atom. The predicted octanol–water partition coefficient (Wildman–Crippen LogP) is 29.0. The van der Waals surface area contributed by atoms with Crippen LogP contribution in [0.3, 0.4) is 0 Å². The summed E-state index contributed by atoms with van der Waals surface area (Å²) < 4.78 is 103. The fourth-order valence-corrected chi connectivity index (χ4v) is 18.5.